The Morgan fingerprint density at radius 3 is 2.36 bits per heavy atom. The number of amides is 2. The lowest BCUT2D eigenvalue weighted by atomic mass is 10.2. The summed E-state index contributed by atoms with van der Waals surface area (Å²) >= 11 is 0. The van der Waals surface area contributed by atoms with Crippen LogP contribution >= 0.6 is 0 Å². The lowest BCUT2D eigenvalue weighted by molar-refractivity contribution is -0.385. The molecule has 0 radical (unpaired) electrons. The second-order valence-electron chi connectivity index (χ2n) is 7.02. The third-order valence-electron chi connectivity index (χ3n) is 4.45. The zero-order valence-corrected chi connectivity index (χ0v) is 18.4. The molecule has 0 aliphatic heterocycles. The molecule has 3 aromatic rings. The van der Waals surface area contributed by atoms with Crippen molar-refractivity contribution < 1.29 is 22.9 Å². The standard InChI is InChI=1S/C20H20N6O6S/c1-13-10-14(2)25(23-13)12-19(27)21-22-20(28)15-6-8-16(9-7-15)24-33(31,32)18-5-3-4-17(11-18)26(29)30/h3-11,24H,12H2,1-2H3,(H,21,27)(H,22,28). The van der Waals surface area contributed by atoms with Gasteiger partial charge >= 0.3 is 0 Å². The molecule has 0 saturated heterocycles. The van der Waals surface area contributed by atoms with Crippen molar-refractivity contribution in [3.8, 4) is 0 Å². The highest BCUT2D eigenvalue weighted by molar-refractivity contribution is 7.92. The molecular formula is C20H20N6O6S. The van der Waals surface area contributed by atoms with Crippen molar-refractivity contribution in [1.29, 1.82) is 0 Å². The van der Waals surface area contributed by atoms with Gasteiger partial charge in [-0.3, -0.25) is 40.0 Å². The van der Waals surface area contributed by atoms with E-state index in [0.29, 0.717) is 0 Å². The van der Waals surface area contributed by atoms with Gasteiger partial charge in [0, 0.05) is 29.1 Å². The lowest BCUT2D eigenvalue weighted by Gasteiger charge is -2.10. The highest BCUT2D eigenvalue weighted by atomic mass is 32.2. The number of non-ortho nitro benzene ring substituents is 1. The molecule has 0 atom stereocenters. The first-order valence-electron chi connectivity index (χ1n) is 9.53. The van der Waals surface area contributed by atoms with E-state index in [9.17, 15) is 28.1 Å². The number of nitrogens with one attached hydrogen (secondary N) is 3. The van der Waals surface area contributed by atoms with Crippen LogP contribution in [0.1, 0.15) is 21.7 Å². The van der Waals surface area contributed by atoms with Gasteiger partial charge < -0.3 is 0 Å². The van der Waals surface area contributed by atoms with Crippen LogP contribution in [-0.4, -0.2) is 34.9 Å². The number of hydrogen-bond acceptors (Lipinski definition) is 7. The van der Waals surface area contributed by atoms with Crippen LogP contribution < -0.4 is 15.6 Å². The van der Waals surface area contributed by atoms with E-state index in [-0.39, 0.29) is 28.4 Å². The molecule has 0 fully saturated rings. The van der Waals surface area contributed by atoms with Crippen LogP contribution in [0.3, 0.4) is 0 Å². The third-order valence-corrected chi connectivity index (χ3v) is 5.83. The second kappa shape index (κ2) is 9.48. The minimum atomic E-state index is -4.08. The Morgan fingerprint density at radius 2 is 1.76 bits per heavy atom. The van der Waals surface area contributed by atoms with Gasteiger partial charge in [0.05, 0.1) is 15.5 Å². The van der Waals surface area contributed by atoms with E-state index in [2.05, 4.69) is 20.7 Å². The molecule has 0 aliphatic carbocycles. The molecule has 0 saturated carbocycles. The van der Waals surface area contributed by atoms with Crippen LogP contribution in [0.5, 0.6) is 0 Å². The van der Waals surface area contributed by atoms with E-state index < -0.39 is 26.8 Å². The summed E-state index contributed by atoms with van der Waals surface area (Å²) in [7, 11) is -4.08. The molecule has 3 N–H and O–H groups in total. The Kier molecular flexibility index (Phi) is 6.72. The Bertz CT molecular complexity index is 1320. The maximum Gasteiger partial charge on any atom is 0.270 e. The zero-order chi connectivity index (χ0) is 24.2. The van der Waals surface area contributed by atoms with E-state index in [1.165, 1.54) is 47.1 Å². The SMILES string of the molecule is Cc1cc(C)n(CC(=O)NNC(=O)c2ccc(NS(=O)(=O)c3cccc([N+](=O)[O-])c3)cc2)n1. The van der Waals surface area contributed by atoms with Crippen molar-refractivity contribution >= 4 is 33.2 Å². The molecule has 2 aromatic carbocycles. The summed E-state index contributed by atoms with van der Waals surface area (Å²) < 4.78 is 28.8. The van der Waals surface area contributed by atoms with Crippen LogP contribution in [0.15, 0.2) is 59.5 Å². The number of hydrazine groups is 1. The summed E-state index contributed by atoms with van der Waals surface area (Å²) in [6.45, 7) is 3.54. The van der Waals surface area contributed by atoms with E-state index in [1.807, 2.05) is 6.07 Å². The number of anilines is 1. The topological polar surface area (TPSA) is 165 Å². The number of benzene rings is 2. The Balaban J connectivity index is 1.59. The fourth-order valence-electron chi connectivity index (χ4n) is 2.88. The number of nitrogens with zero attached hydrogens (tertiary/aromatic N) is 3. The summed E-state index contributed by atoms with van der Waals surface area (Å²) in [5, 5.41) is 15.0. The maximum atomic E-state index is 12.5. The molecule has 12 nitrogen and oxygen atoms in total. The van der Waals surface area contributed by atoms with Crippen molar-refractivity contribution in [2.45, 2.75) is 25.3 Å². The lowest BCUT2D eigenvalue weighted by Crippen LogP contribution is -2.43. The zero-order valence-electron chi connectivity index (χ0n) is 17.6. The Labute approximate surface area is 188 Å². The molecule has 0 bridgehead atoms. The van der Waals surface area contributed by atoms with Gasteiger partial charge in [-0.05, 0) is 50.2 Å². The summed E-state index contributed by atoms with van der Waals surface area (Å²) in [4.78, 5) is 34.2. The molecule has 0 unspecified atom stereocenters. The summed E-state index contributed by atoms with van der Waals surface area (Å²) in [6.07, 6.45) is 0. The molecule has 2 amide bonds. The smallest absolute Gasteiger partial charge is 0.270 e. The van der Waals surface area contributed by atoms with Crippen LogP contribution in [0.2, 0.25) is 0 Å². The minimum Gasteiger partial charge on any atom is -0.280 e. The summed E-state index contributed by atoms with van der Waals surface area (Å²) in [6, 6.07) is 11.8. The van der Waals surface area contributed by atoms with Crippen LogP contribution in [0, 0.1) is 24.0 Å². The highest BCUT2D eigenvalue weighted by Crippen LogP contribution is 2.20. The van der Waals surface area contributed by atoms with E-state index in [4.69, 9.17) is 0 Å². The van der Waals surface area contributed by atoms with Crippen molar-refractivity contribution in [2.24, 2.45) is 0 Å². The number of hydrogen-bond donors (Lipinski definition) is 3. The summed E-state index contributed by atoms with van der Waals surface area (Å²) in [5.74, 6) is -1.08. The van der Waals surface area contributed by atoms with Crippen molar-refractivity contribution in [1.82, 2.24) is 20.6 Å². The molecule has 0 aliphatic rings. The van der Waals surface area contributed by atoms with Crippen molar-refractivity contribution in [3.05, 3.63) is 81.7 Å². The molecule has 13 heteroatoms. The number of nitro groups is 1. The monoisotopic (exact) mass is 472 g/mol. The van der Waals surface area contributed by atoms with Gasteiger partial charge in [-0.15, -0.1) is 0 Å². The number of sulfonamides is 1. The first-order valence-corrected chi connectivity index (χ1v) is 11.0. The molecule has 172 valence electrons. The molecule has 3 rings (SSSR count). The molecule has 1 heterocycles. The van der Waals surface area contributed by atoms with Crippen LogP contribution in [0.4, 0.5) is 11.4 Å². The molecular weight excluding hydrogens is 452 g/mol. The van der Waals surface area contributed by atoms with Crippen LogP contribution in [-0.2, 0) is 21.4 Å². The van der Waals surface area contributed by atoms with E-state index in [0.717, 1.165) is 17.5 Å². The Hall–Kier alpha value is -4.26. The number of carbonyl (C=O) groups excluding carboxylic acids is 2. The van der Waals surface area contributed by atoms with Crippen LogP contribution in [0.25, 0.3) is 0 Å². The van der Waals surface area contributed by atoms with Gasteiger partial charge in [-0.1, -0.05) is 6.07 Å². The average Bonchev–Trinajstić information content (AvgIpc) is 3.08. The maximum absolute atomic E-state index is 12.5. The minimum absolute atomic E-state index is 0.0711. The predicted molar refractivity (Wildman–Crippen MR) is 118 cm³/mol. The van der Waals surface area contributed by atoms with Gasteiger partial charge in [-0.25, -0.2) is 8.42 Å². The Morgan fingerprint density at radius 1 is 1.06 bits per heavy atom. The number of aromatic nitrogens is 2. The highest BCUT2D eigenvalue weighted by Gasteiger charge is 2.18. The molecule has 0 spiro atoms. The average molecular weight is 472 g/mol. The fraction of sp³-hybridized carbons (Fsp3) is 0.150. The predicted octanol–water partition coefficient (Wildman–Crippen LogP) is 1.67. The number of carbonyl (C=O) groups is 2. The number of nitro benzene ring substituents is 1. The third kappa shape index (κ3) is 5.92. The van der Waals surface area contributed by atoms with Gasteiger partial charge in [0.1, 0.15) is 6.54 Å². The quantitative estimate of drug-likeness (QED) is 0.347. The second-order valence-corrected chi connectivity index (χ2v) is 8.71. The fourth-order valence-corrected chi connectivity index (χ4v) is 3.98. The molecule has 33 heavy (non-hydrogen) atoms. The number of aryl methyl sites for hydroxylation is 2. The van der Waals surface area contributed by atoms with E-state index in [1.54, 1.807) is 13.8 Å². The first-order chi connectivity index (χ1) is 15.5. The summed E-state index contributed by atoms with van der Waals surface area (Å²) in [5.41, 5.74) is 6.09. The largest absolute Gasteiger partial charge is 0.280 e. The normalized spacial score (nSPS) is 11.0. The van der Waals surface area contributed by atoms with E-state index >= 15 is 0 Å². The van der Waals surface area contributed by atoms with Crippen molar-refractivity contribution in [3.63, 3.8) is 0 Å². The van der Waals surface area contributed by atoms with Crippen molar-refractivity contribution in [2.75, 3.05) is 4.72 Å². The first kappa shape index (κ1) is 23.4. The van der Waals surface area contributed by atoms with Gasteiger partial charge in [0.25, 0.3) is 27.5 Å². The van der Waals surface area contributed by atoms with Gasteiger partial charge in [0.2, 0.25) is 0 Å². The number of rotatable bonds is 7. The van der Waals surface area contributed by atoms with Gasteiger partial charge in [0.15, 0.2) is 0 Å². The molecule has 1 aromatic heterocycles. The van der Waals surface area contributed by atoms with Gasteiger partial charge in [-0.2, -0.15) is 5.10 Å².